The van der Waals surface area contributed by atoms with Crippen LogP contribution in [0.3, 0.4) is 0 Å². The van der Waals surface area contributed by atoms with Crippen LogP contribution < -0.4 is 29.7 Å². The Morgan fingerprint density at radius 3 is 1.03 bits per heavy atom. The number of imidazole rings is 3. The molecule has 0 spiro atoms. The van der Waals surface area contributed by atoms with Gasteiger partial charge in [0.2, 0.25) is 17.8 Å². The zero-order chi connectivity index (χ0) is 65.9. The van der Waals surface area contributed by atoms with Crippen LogP contribution in [0, 0.1) is 57.2 Å². The summed E-state index contributed by atoms with van der Waals surface area (Å²) in [4.78, 5) is 20.3. The number of rotatable bonds is 6. The van der Waals surface area contributed by atoms with Gasteiger partial charge in [0.25, 0.3) is 0 Å². The second kappa shape index (κ2) is 46.8. The maximum atomic E-state index is 4.53. The van der Waals surface area contributed by atoms with Gasteiger partial charge in [-0.25, -0.2) is 62.4 Å². The van der Waals surface area contributed by atoms with Crippen LogP contribution in [0.25, 0.3) is 33.4 Å². The summed E-state index contributed by atoms with van der Waals surface area (Å²) in [7, 11) is 6.22. The Hall–Kier alpha value is -7.28. The molecule has 3 radical (unpaired) electrons. The second-order valence-electron chi connectivity index (χ2n) is 17.5. The Balaban J connectivity index is -0.00000110. The Labute approximate surface area is 617 Å². The molecule has 0 saturated heterocycles. The fraction of sp³-hybridized carbons (Fsp3) is 0.160. The molecule has 0 fully saturated rings. The molecule has 3 aliphatic heterocycles. The normalized spacial score (nSPS) is 13.2. The average molecular weight is 1430 g/mol. The van der Waals surface area contributed by atoms with Crippen LogP contribution in [0.1, 0.15) is 37.5 Å². The molecule has 0 amide bonds. The van der Waals surface area contributed by atoms with Gasteiger partial charge in [0.15, 0.2) is 0 Å². The molecule has 12 nitrogen and oxygen atoms in total. The predicted octanol–water partition coefficient (Wildman–Crippen LogP) is 17.8. The van der Waals surface area contributed by atoms with Gasteiger partial charge in [-0.15, -0.1) is 165 Å². The van der Waals surface area contributed by atoms with Crippen molar-refractivity contribution in [3.8, 4) is 33.4 Å². The summed E-state index contributed by atoms with van der Waals surface area (Å²) in [6.07, 6.45) is 12.1. The standard InChI is InChI=1S/3C19H18N4.9C2H4.3Y/c2*1-14-13-17(16-7-5-4-6-8-16)9-10-18(14)23-15(2)21(3)22-12-11-20-19(22)23;1-14-9-10-17(16-7-5-4-6-8-16)13-18(14)23-15(2)21(3)22-12-11-20-19(22)23;9*1-2;;;/h4-7,10-13,15H,1-3H3;4-7,9-12,15H,1-3H3;4-7,9,11-13,15H,1-3H3;9*1-2H2;;;/q3*-2;;;;;;;;;;;;/t3*15-;;;;;;;;;;;;/m000............/s1. The van der Waals surface area contributed by atoms with Crippen molar-refractivity contribution < 1.29 is 98.1 Å². The first-order valence-electron chi connectivity index (χ1n) is 27.7. The smallest absolute Gasteiger partial charge is 0.229 e. The third-order valence-corrected chi connectivity index (χ3v) is 13.4. The van der Waals surface area contributed by atoms with E-state index < -0.39 is 0 Å². The van der Waals surface area contributed by atoms with E-state index in [1.54, 1.807) is 0 Å². The summed E-state index contributed by atoms with van der Waals surface area (Å²) in [6.45, 7) is 66.9. The maximum Gasteiger partial charge on any atom is 0.229 e. The number of fused-ring (bicyclic) bond motifs is 3. The van der Waals surface area contributed by atoms with Crippen LogP contribution in [-0.2, 0) is 98.1 Å². The van der Waals surface area contributed by atoms with Gasteiger partial charge in [0.1, 0.15) is 18.5 Å². The van der Waals surface area contributed by atoms with E-state index in [4.69, 9.17) is 0 Å². The van der Waals surface area contributed by atoms with Gasteiger partial charge < -0.3 is 14.7 Å². The van der Waals surface area contributed by atoms with Crippen molar-refractivity contribution in [2.75, 3.05) is 50.9 Å². The van der Waals surface area contributed by atoms with Crippen LogP contribution in [0.2, 0.25) is 0 Å². The van der Waals surface area contributed by atoms with Crippen LogP contribution in [0.5, 0.6) is 0 Å². The molecule has 9 aromatic rings. The number of anilines is 6. The van der Waals surface area contributed by atoms with E-state index >= 15 is 0 Å². The molecular weight excluding hydrogens is 1340 g/mol. The van der Waals surface area contributed by atoms with E-state index in [0.717, 1.165) is 73.9 Å². The largest absolute Gasteiger partial charge is 0.330 e. The summed E-state index contributed by atoms with van der Waals surface area (Å²) in [6, 6.07) is 56.7. The molecule has 0 N–H and O–H groups in total. The van der Waals surface area contributed by atoms with Crippen molar-refractivity contribution in [2.24, 2.45) is 0 Å². The zero-order valence-corrected chi connectivity index (χ0v) is 63.4. The van der Waals surface area contributed by atoms with Crippen LogP contribution >= 0.6 is 0 Å². The summed E-state index contributed by atoms with van der Waals surface area (Å²) < 4.78 is 6.22. The maximum absolute atomic E-state index is 4.53. The van der Waals surface area contributed by atoms with E-state index in [2.05, 4.69) is 325 Å². The summed E-state index contributed by atoms with van der Waals surface area (Å²) in [5.74, 6) is 2.82. The Bertz CT molecular complexity index is 3210. The first-order valence-corrected chi connectivity index (χ1v) is 27.7. The first-order chi connectivity index (χ1) is 42.5. The van der Waals surface area contributed by atoms with E-state index in [-0.39, 0.29) is 117 Å². The zero-order valence-electron chi connectivity index (χ0n) is 54.9. The van der Waals surface area contributed by atoms with E-state index in [1.165, 1.54) is 11.1 Å². The topological polar surface area (TPSA) is 72.9 Å². The van der Waals surface area contributed by atoms with Gasteiger partial charge in [0, 0.05) is 156 Å². The van der Waals surface area contributed by atoms with Crippen LogP contribution in [-0.4, -0.2) is 68.6 Å². The van der Waals surface area contributed by atoms with Crippen molar-refractivity contribution in [2.45, 2.75) is 60.0 Å². The summed E-state index contributed by atoms with van der Waals surface area (Å²) in [5, 5.41) is 6.51. The molecule has 3 aromatic heterocycles. The number of aromatic nitrogens is 6. The Morgan fingerprint density at radius 2 is 0.689 bits per heavy atom. The van der Waals surface area contributed by atoms with Crippen LogP contribution in [0.4, 0.5) is 34.9 Å². The molecule has 12 rings (SSSR count). The monoisotopic (exact) mass is 1430 g/mol. The molecule has 90 heavy (non-hydrogen) atoms. The van der Waals surface area contributed by atoms with Crippen molar-refractivity contribution in [1.29, 1.82) is 0 Å². The molecule has 6 aromatic carbocycles. The van der Waals surface area contributed by atoms with Gasteiger partial charge >= 0.3 is 0 Å². The molecule has 6 heterocycles. The molecule has 3 atom stereocenters. The molecular formula is C75H90N12Y3-6. The molecule has 15 heteroatoms. The van der Waals surface area contributed by atoms with E-state index in [9.17, 15) is 0 Å². The van der Waals surface area contributed by atoms with Crippen molar-refractivity contribution in [3.63, 3.8) is 0 Å². The molecule has 3 aliphatic rings. The number of aryl methyl sites for hydroxylation is 3. The quantitative estimate of drug-likeness (QED) is 0.120. The number of hydrogen-bond acceptors (Lipinski definition) is 9. The Kier molecular flexibility index (Phi) is 45.2. The molecule has 0 bridgehead atoms. The SMILES string of the molecule is C=C.C=C.C=C.C=C.C=C.C=C.C=C.C=C.C=C.Cc1[c-]c(-c2[c-]cccc2)ccc1N1c2nccn2N(C)[C@@H]1C.Cc1c[c-]c(-c2[c-]cccc2)cc1N1c2nccn2N(C)[C@@H]1C.Cc1cc(-c2[c-]cccc2)[c-]cc1N1c2nccn2N(C)[C@@H]1C.[Y].[Y].[Y]. The minimum atomic E-state index is 0. The fourth-order valence-electron chi connectivity index (χ4n) is 9.26. The summed E-state index contributed by atoms with van der Waals surface area (Å²) in [5.41, 5.74) is 13.3. The minimum absolute atomic E-state index is 0. The third kappa shape index (κ3) is 20.6. The molecule has 0 unspecified atom stereocenters. The number of nitrogens with zero attached hydrogens (tertiary/aromatic N) is 12. The van der Waals surface area contributed by atoms with Gasteiger partial charge in [-0.3, -0.25) is 15.0 Å². The molecule has 0 aliphatic carbocycles. The van der Waals surface area contributed by atoms with Crippen LogP contribution in [0.15, 0.2) is 265 Å². The van der Waals surface area contributed by atoms with E-state index in [0.29, 0.717) is 0 Å². The van der Waals surface area contributed by atoms with E-state index in [1.807, 2.05) is 97.8 Å². The predicted molar refractivity (Wildman–Crippen MR) is 378 cm³/mol. The fourth-order valence-corrected chi connectivity index (χ4v) is 9.26. The Morgan fingerprint density at radius 1 is 0.356 bits per heavy atom. The van der Waals surface area contributed by atoms with Crippen molar-refractivity contribution >= 4 is 34.9 Å². The minimum Gasteiger partial charge on any atom is -0.330 e. The molecule has 465 valence electrons. The van der Waals surface area contributed by atoms with Gasteiger partial charge in [0.05, 0.1) is 0 Å². The second-order valence-corrected chi connectivity index (χ2v) is 17.5. The average Bonchev–Trinajstić information content (AvgIpc) is 1.66. The number of hydrogen-bond donors (Lipinski definition) is 0. The third-order valence-electron chi connectivity index (χ3n) is 13.4. The van der Waals surface area contributed by atoms with Gasteiger partial charge in [-0.1, -0.05) is 20.8 Å². The van der Waals surface area contributed by atoms with Crippen molar-refractivity contribution in [1.82, 2.24) is 29.0 Å². The van der Waals surface area contributed by atoms with Gasteiger partial charge in [-0.2, -0.15) is 115 Å². The summed E-state index contributed by atoms with van der Waals surface area (Å²) >= 11 is 0. The van der Waals surface area contributed by atoms with Gasteiger partial charge in [-0.05, 0) is 37.8 Å². The molecule has 0 saturated carbocycles. The number of benzene rings is 6. The van der Waals surface area contributed by atoms with Crippen molar-refractivity contribution in [3.05, 3.63) is 318 Å². The first kappa shape index (κ1) is 86.9.